The van der Waals surface area contributed by atoms with Crippen LogP contribution in [-0.4, -0.2) is 38.9 Å². The molecule has 7 nitrogen and oxygen atoms in total. The molecule has 0 unspecified atom stereocenters. The molecule has 1 heterocycles. The fourth-order valence-corrected chi connectivity index (χ4v) is 3.58. The summed E-state index contributed by atoms with van der Waals surface area (Å²) in [5, 5.41) is 15.1. The monoisotopic (exact) mass is 429 g/mol. The third-order valence-electron chi connectivity index (χ3n) is 4.03. The first-order valence-electron chi connectivity index (χ1n) is 8.94. The van der Waals surface area contributed by atoms with Crippen LogP contribution in [0.2, 0.25) is 5.02 Å². The van der Waals surface area contributed by atoms with Gasteiger partial charge in [-0.25, -0.2) is 0 Å². The van der Waals surface area contributed by atoms with Crippen molar-refractivity contribution in [3.8, 4) is 11.4 Å². The predicted molar refractivity (Wildman–Crippen MR) is 115 cm³/mol. The first kappa shape index (κ1) is 20.9. The predicted octanol–water partition coefficient (Wildman–Crippen LogP) is 3.62. The smallest absolute Gasteiger partial charge is 0.251 e. The first-order valence-corrected chi connectivity index (χ1v) is 10.3. The van der Waals surface area contributed by atoms with Crippen molar-refractivity contribution in [3.63, 3.8) is 0 Å². The van der Waals surface area contributed by atoms with Gasteiger partial charge in [0, 0.05) is 30.4 Å². The van der Waals surface area contributed by atoms with Crippen LogP contribution in [0.1, 0.15) is 17.3 Å². The zero-order valence-corrected chi connectivity index (χ0v) is 17.5. The number of halogens is 1. The summed E-state index contributed by atoms with van der Waals surface area (Å²) in [5.74, 6) is 0.405. The van der Waals surface area contributed by atoms with E-state index in [9.17, 15) is 9.59 Å². The van der Waals surface area contributed by atoms with Crippen molar-refractivity contribution in [2.45, 2.75) is 12.1 Å². The Kier molecular flexibility index (Phi) is 6.90. The third kappa shape index (κ3) is 5.16. The van der Waals surface area contributed by atoms with E-state index in [4.69, 9.17) is 11.6 Å². The Morgan fingerprint density at radius 1 is 1.14 bits per heavy atom. The number of amides is 2. The number of rotatable bonds is 7. The number of nitrogens with one attached hydrogen (secondary N) is 2. The largest absolute Gasteiger partial charge is 0.352 e. The van der Waals surface area contributed by atoms with E-state index in [0.29, 0.717) is 33.8 Å². The van der Waals surface area contributed by atoms with Crippen LogP contribution in [0.15, 0.2) is 53.7 Å². The van der Waals surface area contributed by atoms with Gasteiger partial charge < -0.3 is 15.2 Å². The number of anilines is 1. The molecule has 2 N–H and O–H groups in total. The molecule has 3 rings (SSSR count). The second kappa shape index (κ2) is 9.58. The fourth-order valence-electron chi connectivity index (χ4n) is 2.65. The molecule has 2 aromatic carbocycles. The number of benzene rings is 2. The zero-order chi connectivity index (χ0) is 20.8. The molecule has 0 bridgehead atoms. The molecule has 0 saturated carbocycles. The van der Waals surface area contributed by atoms with E-state index >= 15 is 0 Å². The number of hydrogen-bond donors (Lipinski definition) is 2. The topological polar surface area (TPSA) is 88.9 Å². The Hall–Kier alpha value is -2.84. The van der Waals surface area contributed by atoms with E-state index in [1.54, 1.807) is 34.9 Å². The van der Waals surface area contributed by atoms with Crippen LogP contribution in [0, 0.1) is 0 Å². The maximum Gasteiger partial charge on any atom is 0.251 e. The summed E-state index contributed by atoms with van der Waals surface area (Å²) in [6, 6.07) is 14.2. The lowest BCUT2D eigenvalue weighted by Crippen LogP contribution is -2.23. The number of hydrogen-bond acceptors (Lipinski definition) is 5. The minimum Gasteiger partial charge on any atom is -0.352 e. The van der Waals surface area contributed by atoms with Crippen LogP contribution in [0.5, 0.6) is 0 Å². The average molecular weight is 430 g/mol. The summed E-state index contributed by atoms with van der Waals surface area (Å²) in [6.45, 7) is 2.39. The molecule has 0 saturated heterocycles. The summed E-state index contributed by atoms with van der Waals surface area (Å²) in [4.78, 5) is 24.2. The molecule has 0 spiro atoms. The van der Waals surface area contributed by atoms with Gasteiger partial charge in [-0.1, -0.05) is 41.6 Å². The van der Waals surface area contributed by atoms with Gasteiger partial charge in [0.05, 0.1) is 10.8 Å². The Balaban J connectivity index is 1.63. The number of aromatic nitrogens is 3. The van der Waals surface area contributed by atoms with Crippen LogP contribution in [0.25, 0.3) is 11.4 Å². The van der Waals surface area contributed by atoms with Crippen molar-refractivity contribution >= 4 is 40.9 Å². The normalized spacial score (nSPS) is 10.6. The molecular formula is C20H20ClN5O2S. The maximum absolute atomic E-state index is 12.3. The average Bonchev–Trinajstić information content (AvgIpc) is 3.07. The van der Waals surface area contributed by atoms with Crippen molar-refractivity contribution in [3.05, 3.63) is 59.1 Å². The highest BCUT2D eigenvalue weighted by atomic mass is 35.5. The van der Waals surface area contributed by atoms with Gasteiger partial charge in [0.2, 0.25) is 5.91 Å². The van der Waals surface area contributed by atoms with Crippen LogP contribution >= 0.6 is 23.4 Å². The number of thioether (sulfide) groups is 1. The molecule has 2 amide bonds. The lowest BCUT2D eigenvalue weighted by molar-refractivity contribution is -0.113. The van der Waals surface area contributed by atoms with Crippen molar-refractivity contribution in [1.82, 2.24) is 20.1 Å². The number of carbonyl (C=O) groups excluding carboxylic acids is 2. The molecule has 0 aliphatic heterocycles. The van der Waals surface area contributed by atoms with Crippen molar-refractivity contribution < 1.29 is 9.59 Å². The van der Waals surface area contributed by atoms with E-state index in [2.05, 4.69) is 20.8 Å². The zero-order valence-electron chi connectivity index (χ0n) is 16.0. The van der Waals surface area contributed by atoms with Gasteiger partial charge in [-0.2, -0.15) is 0 Å². The lowest BCUT2D eigenvalue weighted by atomic mass is 10.2. The second-order valence-electron chi connectivity index (χ2n) is 6.12. The molecule has 0 aliphatic rings. The summed E-state index contributed by atoms with van der Waals surface area (Å²) in [5.41, 5.74) is 1.84. The standard InChI is InChI=1S/C20H20ClN5O2S/c1-3-22-19(28)13-7-6-8-14(11-13)23-17(27)12-29-20-25-24-18(26(20)2)15-9-4-5-10-16(15)21/h4-11H,3,12H2,1-2H3,(H,22,28)(H,23,27). The van der Waals surface area contributed by atoms with Crippen molar-refractivity contribution in [2.75, 3.05) is 17.6 Å². The molecule has 9 heteroatoms. The summed E-state index contributed by atoms with van der Waals surface area (Å²) in [7, 11) is 1.83. The SMILES string of the molecule is CCNC(=O)c1cccc(NC(=O)CSc2nnc(-c3ccccc3Cl)n2C)c1. The Bertz CT molecular complexity index is 1040. The number of nitrogens with zero attached hydrogens (tertiary/aromatic N) is 3. The summed E-state index contributed by atoms with van der Waals surface area (Å²) < 4.78 is 1.80. The van der Waals surface area contributed by atoms with Crippen LogP contribution < -0.4 is 10.6 Å². The van der Waals surface area contributed by atoms with Crippen LogP contribution in [0.4, 0.5) is 5.69 Å². The van der Waals surface area contributed by atoms with Gasteiger partial charge >= 0.3 is 0 Å². The minimum atomic E-state index is -0.203. The van der Waals surface area contributed by atoms with E-state index in [0.717, 1.165) is 5.56 Å². The Morgan fingerprint density at radius 3 is 2.69 bits per heavy atom. The summed E-state index contributed by atoms with van der Waals surface area (Å²) >= 11 is 7.50. The summed E-state index contributed by atoms with van der Waals surface area (Å²) in [6.07, 6.45) is 0. The van der Waals surface area contributed by atoms with Gasteiger partial charge in [0.1, 0.15) is 0 Å². The van der Waals surface area contributed by atoms with E-state index < -0.39 is 0 Å². The maximum atomic E-state index is 12.3. The minimum absolute atomic E-state index is 0.153. The van der Waals surface area contributed by atoms with Gasteiger partial charge in [0.25, 0.3) is 5.91 Å². The molecular weight excluding hydrogens is 410 g/mol. The molecule has 0 fully saturated rings. The fraction of sp³-hybridized carbons (Fsp3) is 0.200. The highest BCUT2D eigenvalue weighted by Crippen LogP contribution is 2.28. The number of carbonyl (C=O) groups is 2. The molecule has 150 valence electrons. The lowest BCUT2D eigenvalue weighted by Gasteiger charge is -2.08. The third-order valence-corrected chi connectivity index (χ3v) is 5.38. The molecule has 3 aromatic rings. The van der Waals surface area contributed by atoms with E-state index in [1.807, 2.05) is 32.2 Å². The van der Waals surface area contributed by atoms with Crippen molar-refractivity contribution in [1.29, 1.82) is 0 Å². The van der Waals surface area contributed by atoms with Gasteiger partial charge in [-0.3, -0.25) is 9.59 Å². The Morgan fingerprint density at radius 2 is 1.93 bits per heavy atom. The molecule has 1 aromatic heterocycles. The second-order valence-corrected chi connectivity index (χ2v) is 7.47. The van der Waals surface area contributed by atoms with Crippen LogP contribution in [-0.2, 0) is 11.8 Å². The van der Waals surface area contributed by atoms with Gasteiger partial charge in [-0.15, -0.1) is 10.2 Å². The molecule has 0 atom stereocenters. The van der Waals surface area contributed by atoms with Crippen molar-refractivity contribution in [2.24, 2.45) is 7.05 Å². The molecule has 29 heavy (non-hydrogen) atoms. The van der Waals surface area contributed by atoms with Gasteiger partial charge in [0.15, 0.2) is 11.0 Å². The quantitative estimate of drug-likeness (QED) is 0.560. The van der Waals surface area contributed by atoms with E-state index in [-0.39, 0.29) is 17.6 Å². The van der Waals surface area contributed by atoms with Crippen LogP contribution in [0.3, 0.4) is 0 Å². The van der Waals surface area contributed by atoms with E-state index in [1.165, 1.54) is 11.8 Å². The Labute approximate surface area is 177 Å². The highest BCUT2D eigenvalue weighted by molar-refractivity contribution is 7.99. The first-order chi connectivity index (χ1) is 14.0. The highest BCUT2D eigenvalue weighted by Gasteiger charge is 2.15. The van der Waals surface area contributed by atoms with Gasteiger partial charge in [-0.05, 0) is 37.3 Å². The molecule has 0 aliphatic carbocycles. The molecule has 0 radical (unpaired) electrons.